The Morgan fingerprint density at radius 2 is 2.14 bits per heavy atom. The summed E-state index contributed by atoms with van der Waals surface area (Å²) in [5.41, 5.74) is 1.000. The van der Waals surface area contributed by atoms with E-state index in [2.05, 4.69) is 30.6 Å². The van der Waals surface area contributed by atoms with Crippen molar-refractivity contribution in [1.29, 1.82) is 0 Å². The highest BCUT2D eigenvalue weighted by Gasteiger charge is 2.11. The molecule has 0 amide bonds. The van der Waals surface area contributed by atoms with E-state index in [0.29, 0.717) is 0 Å². The van der Waals surface area contributed by atoms with Crippen molar-refractivity contribution in [3.05, 3.63) is 41.7 Å². The van der Waals surface area contributed by atoms with E-state index in [0.717, 1.165) is 11.5 Å². The van der Waals surface area contributed by atoms with Crippen molar-refractivity contribution in [3.63, 3.8) is 0 Å². The van der Waals surface area contributed by atoms with Crippen molar-refractivity contribution in [1.82, 2.24) is 0 Å². The predicted octanol–water partition coefficient (Wildman–Crippen LogP) is 3.32. The Kier molecular flexibility index (Phi) is 2.25. The first-order chi connectivity index (χ1) is 6.66. The van der Waals surface area contributed by atoms with Gasteiger partial charge in [-0.2, -0.15) is 0 Å². The van der Waals surface area contributed by atoms with Crippen LogP contribution in [0.15, 0.2) is 41.8 Å². The van der Waals surface area contributed by atoms with Crippen LogP contribution < -0.4 is 4.90 Å². The SMILES string of the molecule is C=C1N=C(C)C=CN1c1ccc(C)s1. The highest BCUT2D eigenvalue weighted by molar-refractivity contribution is 7.16. The van der Waals surface area contributed by atoms with Crippen molar-refractivity contribution in [2.45, 2.75) is 13.8 Å². The van der Waals surface area contributed by atoms with E-state index < -0.39 is 0 Å². The van der Waals surface area contributed by atoms with E-state index in [-0.39, 0.29) is 0 Å². The highest BCUT2D eigenvalue weighted by Crippen LogP contribution is 2.29. The summed E-state index contributed by atoms with van der Waals surface area (Å²) >= 11 is 1.74. The lowest BCUT2D eigenvalue weighted by atomic mass is 10.3. The standard InChI is InChI=1S/C11H12N2S/c1-8-6-7-13(10(3)12-8)11-5-4-9(2)14-11/h4-7H,3H2,1-2H3. The third-order valence-corrected chi connectivity index (χ3v) is 3.01. The van der Waals surface area contributed by atoms with Crippen LogP contribution in [-0.2, 0) is 0 Å². The summed E-state index contributed by atoms with van der Waals surface area (Å²) in [5.74, 6) is 0.784. The second kappa shape index (κ2) is 3.42. The van der Waals surface area contributed by atoms with Crippen LogP contribution in [0.3, 0.4) is 0 Å². The molecule has 0 N–H and O–H groups in total. The fraction of sp³-hybridized carbons (Fsp3) is 0.182. The normalized spacial score (nSPS) is 16.0. The number of nitrogens with zero attached hydrogens (tertiary/aromatic N) is 2. The smallest absolute Gasteiger partial charge is 0.130 e. The number of hydrogen-bond acceptors (Lipinski definition) is 3. The Hall–Kier alpha value is -1.35. The molecule has 0 fully saturated rings. The van der Waals surface area contributed by atoms with Crippen molar-refractivity contribution in [3.8, 4) is 0 Å². The first-order valence-corrected chi connectivity index (χ1v) is 5.26. The zero-order chi connectivity index (χ0) is 10.1. The summed E-state index contributed by atoms with van der Waals surface area (Å²) in [7, 11) is 0. The molecule has 1 aliphatic heterocycles. The van der Waals surface area contributed by atoms with Gasteiger partial charge in [0.05, 0.1) is 0 Å². The minimum absolute atomic E-state index is 0.784. The van der Waals surface area contributed by atoms with Gasteiger partial charge in [0.1, 0.15) is 10.8 Å². The first-order valence-electron chi connectivity index (χ1n) is 4.45. The van der Waals surface area contributed by atoms with Crippen LogP contribution in [0.5, 0.6) is 0 Å². The van der Waals surface area contributed by atoms with Gasteiger partial charge in [-0.25, -0.2) is 4.99 Å². The number of allylic oxidation sites excluding steroid dienone is 1. The molecule has 0 spiro atoms. The Balaban J connectivity index is 2.30. The zero-order valence-corrected chi connectivity index (χ0v) is 9.14. The zero-order valence-electron chi connectivity index (χ0n) is 8.32. The van der Waals surface area contributed by atoms with Gasteiger partial charge in [0, 0.05) is 16.8 Å². The van der Waals surface area contributed by atoms with Gasteiger partial charge in [-0.1, -0.05) is 6.58 Å². The molecular weight excluding hydrogens is 192 g/mol. The predicted molar refractivity (Wildman–Crippen MR) is 62.9 cm³/mol. The molecule has 1 aromatic rings. The van der Waals surface area contributed by atoms with Gasteiger partial charge in [-0.15, -0.1) is 11.3 Å². The Morgan fingerprint density at radius 1 is 1.36 bits per heavy atom. The average molecular weight is 204 g/mol. The molecule has 0 unspecified atom stereocenters. The fourth-order valence-electron chi connectivity index (χ4n) is 1.31. The fourth-order valence-corrected chi connectivity index (χ4v) is 2.18. The largest absolute Gasteiger partial charge is 0.293 e. The second-order valence-corrected chi connectivity index (χ2v) is 4.51. The van der Waals surface area contributed by atoms with E-state index in [1.54, 1.807) is 11.3 Å². The van der Waals surface area contributed by atoms with Gasteiger partial charge >= 0.3 is 0 Å². The van der Waals surface area contributed by atoms with Crippen LogP contribution in [0.25, 0.3) is 0 Å². The molecule has 0 aromatic carbocycles. The van der Waals surface area contributed by atoms with Crippen LogP contribution in [-0.4, -0.2) is 5.71 Å². The summed E-state index contributed by atoms with van der Waals surface area (Å²) in [6.45, 7) is 7.99. The molecule has 0 saturated carbocycles. The first kappa shape index (κ1) is 9.21. The molecule has 72 valence electrons. The highest BCUT2D eigenvalue weighted by atomic mass is 32.1. The van der Waals surface area contributed by atoms with E-state index in [1.807, 2.05) is 24.1 Å². The average Bonchev–Trinajstić information content (AvgIpc) is 2.51. The van der Waals surface area contributed by atoms with Gasteiger partial charge in [-0.3, -0.25) is 4.90 Å². The van der Waals surface area contributed by atoms with Gasteiger partial charge < -0.3 is 0 Å². The third kappa shape index (κ3) is 1.63. The minimum atomic E-state index is 0.784. The van der Waals surface area contributed by atoms with Gasteiger partial charge in [0.2, 0.25) is 0 Å². The van der Waals surface area contributed by atoms with Crippen LogP contribution in [0.4, 0.5) is 5.00 Å². The van der Waals surface area contributed by atoms with Crippen molar-refractivity contribution in [2.24, 2.45) is 4.99 Å². The molecule has 2 rings (SSSR count). The monoisotopic (exact) mass is 204 g/mol. The topological polar surface area (TPSA) is 15.6 Å². The molecular formula is C11H12N2S. The van der Waals surface area contributed by atoms with E-state index in [9.17, 15) is 0 Å². The van der Waals surface area contributed by atoms with Gasteiger partial charge in [-0.05, 0) is 32.1 Å². The molecule has 1 aliphatic rings. The lowest BCUT2D eigenvalue weighted by Crippen LogP contribution is -2.16. The van der Waals surface area contributed by atoms with Crippen LogP contribution >= 0.6 is 11.3 Å². The number of rotatable bonds is 1. The lowest BCUT2D eigenvalue weighted by molar-refractivity contribution is 1.12. The Morgan fingerprint density at radius 3 is 2.71 bits per heavy atom. The summed E-state index contributed by atoms with van der Waals surface area (Å²) in [5, 5.41) is 1.17. The van der Waals surface area contributed by atoms with Crippen LogP contribution in [0, 0.1) is 6.92 Å². The second-order valence-electron chi connectivity index (χ2n) is 3.24. The minimum Gasteiger partial charge on any atom is -0.293 e. The van der Waals surface area contributed by atoms with E-state index >= 15 is 0 Å². The Bertz CT molecular complexity index is 426. The van der Waals surface area contributed by atoms with E-state index in [4.69, 9.17) is 0 Å². The maximum atomic E-state index is 4.32. The molecule has 0 aliphatic carbocycles. The van der Waals surface area contributed by atoms with Crippen molar-refractivity contribution in [2.75, 3.05) is 4.90 Å². The maximum absolute atomic E-state index is 4.32. The number of aryl methyl sites for hydroxylation is 1. The molecule has 2 heterocycles. The van der Waals surface area contributed by atoms with Gasteiger partial charge in [0.15, 0.2) is 0 Å². The summed E-state index contributed by atoms with van der Waals surface area (Å²) in [6.07, 6.45) is 4.00. The lowest BCUT2D eigenvalue weighted by Gasteiger charge is -2.21. The number of thiophene rings is 1. The van der Waals surface area contributed by atoms with Gasteiger partial charge in [0.25, 0.3) is 0 Å². The summed E-state index contributed by atoms with van der Waals surface area (Å²) < 4.78 is 0. The number of aliphatic imine (C=N–C) groups is 1. The van der Waals surface area contributed by atoms with Crippen molar-refractivity contribution < 1.29 is 0 Å². The van der Waals surface area contributed by atoms with Crippen LogP contribution in [0.1, 0.15) is 11.8 Å². The van der Waals surface area contributed by atoms with E-state index in [1.165, 1.54) is 9.88 Å². The molecule has 1 aromatic heterocycles. The molecule has 0 bridgehead atoms. The molecule has 0 atom stereocenters. The number of hydrogen-bond donors (Lipinski definition) is 0. The maximum Gasteiger partial charge on any atom is 0.130 e. The summed E-state index contributed by atoms with van der Waals surface area (Å²) in [6, 6.07) is 4.19. The quantitative estimate of drug-likeness (QED) is 0.685. The van der Waals surface area contributed by atoms with Crippen molar-refractivity contribution >= 4 is 22.0 Å². The molecule has 14 heavy (non-hydrogen) atoms. The molecule has 3 heteroatoms. The summed E-state index contributed by atoms with van der Waals surface area (Å²) in [4.78, 5) is 7.62. The molecule has 0 radical (unpaired) electrons. The Labute approximate surface area is 87.9 Å². The third-order valence-electron chi connectivity index (χ3n) is 2.01. The molecule has 2 nitrogen and oxygen atoms in total. The number of anilines is 1. The molecule has 0 saturated heterocycles. The van der Waals surface area contributed by atoms with Crippen LogP contribution in [0.2, 0.25) is 0 Å².